The number of hydrogen-bond donors (Lipinski definition) is 1. The maximum Gasteiger partial charge on any atom is 0.242 e. The zero-order chi connectivity index (χ0) is 23.5. The fourth-order valence-corrected chi connectivity index (χ4v) is 3.52. The first-order chi connectivity index (χ1) is 15.4. The Balaban J connectivity index is 2.17. The molecule has 1 atom stereocenters. The lowest BCUT2D eigenvalue weighted by molar-refractivity contribution is -0.140. The Morgan fingerprint density at radius 3 is 2.34 bits per heavy atom. The molecule has 1 N–H and O–H groups in total. The van der Waals surface area contributed by atoms with Gasteiger partial charge in [-0.25, -0.2) is 0 Å². The van der Waals surface area contributed by atoms with E-state index in [2.05, 4.69) is 5.32 Å². The van der Waals surface area contributed by atoms with Crippen molar-refractivity contribution in [2.45, 2.75) is 60.0 Å². The van der Waals surface area contributed by atoms with E-state index in [0.29, 0.717) is 50.6 Å². The molecule has 2 aromatic rings. The lowest BCUT2D eigenvalue weighted by atomic mass is 10.1. The summed E-state index contributed by atoms with van der Waals surface area (Å²) in [4.78, 5) is 27.4. The van der Waals surface area contributed by atoms with Crippen LogP contribution in [0, 0.1) is 6.92 Å². The summed E-state index contributed by atoms with van der Waals surface area (Å²) in [5, 5.41) is 2.83. The topological polar surface area (TPSA) is 67.9 Å². The zero-order valence-electron chi connectivity index (χ0n) is 19.9. The van der Waals surface area contributed by atoms with Crippen LogP contribution in [-0.2, 0) is 22.6 Å². The molecule has 6 heteroatoms. The summed E-state index contributed by atoms with van der Waals surface area (Å²) in [7, 11) is 0. The van der Waals surface area contributed by atoms with E-state index in [0.717, 1.165) is 16.7 Å². The smallest absolute Gasteiger partial charge is 0.242 e. The molecule has 0 fully saturated rings. The Labute approximate surface area is 191 Å². The van der Waals surface area contributed by atoms with Gasteiger partial charge in [0.05, 0.1) is 13.2 Å². The molecule has 0 radical (unpaired) electrons. The van der Waals surface area contributed by atoms with Gasteiger partial charge in [0, 0.05) is 19.5 Å². The summed E-state index contributed by atoms with van der Waals surface area (Å²) >= 11 is 0. The lowest BCUT2D eigenvalue weighted by Crippen LogP contribution is -2.47. The highest BCUT2D eigenvalue weighted by molar-refractivity contribution is 5.87. The Kier molecular flexibility index (Phi) is 10.1. The quantitative estimate of drug-likeness (QED) is 0.535. The van der Waals surface area contributed by atoms with Crippen LogP contribution >= 0.6 is 0 Å². The van der Waals surface area contributed by atoms with Crippen molar-refractivity contribution in [3.05, 3.63) is 59.2 Å². The van der Waals surface area contributed by atoms with Crippen LogP contribution in [0.1, 0.15) is 50.8 Å². The Morgan fingerprint density at radius 2 is 1.69 bits per heavy atom. The van der Waals surface area contributed by atoms with Crippen LogP contribution in [0.15, 0.2) is 42.5 Å². The van der Waals surface area contributed by atoms with E-state index >= 15 is 0 Å². The Bertz CT molecular complexity index is 897. The molecule has 174 valence electrons. The number of likely N-dealkylation sites (N-methyl/N-ethyl adjacent to an activating group) is 1. The van der Waals surface area contributed by atoms with E-state index in [1.165, 1.54) is 0 Å². The summed E-state index contributed by atoms with van der Waals surface area (Å²) in [5.41, 5.74) is 3.13. The van der Waals surface area contributed by atoms with Gasteiger partial charge >= 0.3 is 0 Å². The molecule has 2 aromatic carbocycles. The number of aryl methyl sites for hydroxylation is 2. The SMILES string of the molecule is CCNC(=O)C(C)N(Cc1ccccc1C)C(=O)CCc1ccc(OCC)c(OCC)c1. The van der Waals surface area contributed by atoms with E-state index in [9.17, 15) is 9.59 Å². The maximum absolute atomic E-state index is 13.3. The summed E-state index contributed by atoms with van der Waals surface area (Å²) < 4.78 is 11.3. The molecule has 32 heavy (non-hydrogen) atoms. The number of ether oxygens (including phenoxy) is 2. The number of nitrogens with one attached hydrogen (secondary N) is 1. The minimum Gasteiger partial charge on any atom is -0.490 e. The predicted octanol–water partition coefficient (Wildman–Crippen LogP) is 4.28. The summed E-state index contributed by atoms with van der Waals surface area (Å²) in [5.74, 6) is 1.19. The lowest BCUT2D eigenvalue weighted by Gasteiger charge is -2.29. The van der Waals surface area contributed by atoms with Crippen molar-refractivity contribution in [2.75, 3.05) is 19.8 Å². The van der Waals surface area contributed by atoms with Crippen LogP contribution < -0.4 is 14.8 Å². The largest absolute Gasteiger partial charge is 0.490 e. The van der Waals surface area contributed by atoms with Crippen LogP contribution in [0.5, 0.6) is 11.5 Å². The number of benzene rings is 2. The number of carbonyl (C=O) groups is 2. The molecule has 0 aliphatic carbocycles. The number of rotatable bonds is 12. The van der Waals surface area contributed by atoms with E-state index in [1.54, 1.807) is 11.8 Å². The molecule has 2 rings (SSSR count). The number of amides is 2. The average molecular weight is 441 g/mol. The highest BCUT2D eigenvalue weighted by atomic mass is 16.5. The highest BCUT2D eigenvalue weighted by Crippen LogP contribution is 2.29. The van der Waals surface area contributed by atoms with Crippen molar-refractivity contribution in [1.29, 1.82) is 0 Å². The molecular formula is C26H36N2O4. The highest BCUT2D eigenvalue weighted by Gasteiger charge is 2.26. The van der Waals surface area contributed by atoms with Gasteiger partial charge < -0.3 is 19.7 Å². The van der Waals surface area contributed by atoms with Gasteiger partial charge in [0.2, 0.25) is 11.8 Å². The molecule has 0 heterocycles. The van der Waals surface area contributed by atoms with Crippen molar-refractivity contribution in [2.24, 2.45) is 0 Å². The van der Waals surface area contributed by atoms with Crippen LogP contribution in [-0.4, -0.2) is 42.5 Å². The van der Waals surface area contributed by atoms with Crippen molar-refractivity contribution < 1.29 is 19.1 Å². The van der Waals surface area contributed by atoms with Crippen LogP contribution in [0.3, 0.4) is 0 Å². The first-order valence-electron chi connectivity index (χ1n) is 11.4. The van der Waals surface area contributed by atoms with Crippen molar-refractivity contribution in [1.82, 2.24) is 10.2 Å². The molecular weight excluding hydrogens is 404 g/mol. The van der Waals surface area contributed by atoms with Crippen LogP contribution in [0.4, 0.5) is 0 Å². The molecule has 0 saturated carbocycles. The first kappa shape index (κ1) is 25.2. The number of hydrogen-bond acceptors (Lipinski definition) is 4. The van der Waals surface area contributed by atoms with Crippen molar-refractivity contribution in [3.8, 4) is 11.5 Å². The molecule has 6 nitrogen and oxygen atoms in total. The molecule has 0 aliphatic rings. The minimum atomic E-state index is -0.554. The summed E-state index contributed by atoms with van der Waals surface area (Å²) in [6.07, 6.45) is 0.854. The third-order valence-corrected chi connectivity index (χ3v) is 5.36. The van der Waals surface area contributed by atoms with Gasteiger partial charge in [-0.3, -0.25) is 9.59 Å². The monoisotopic (exact) mass is 440 g/mol. The van der Waals surface area contributed by atoms with E-state index < -0.39 is 6.04 Å². The fraction of sp³-hybridized carbons (Fsp3) is 0.462. The molecule has 1 unspecified atom stereocenters. The van der Waals surface area contributed by atoms with E-state index in [-0.39, 0.29) is 11.8 Å². The predicted molar refractivity (Wildman–Crippen MR) is 127 cm³/mol. The minimum absolute atomic E-state index is 0.0566. The van der Waals surface area contributed by atoms with Crippen molar-refractivity contribution in [3.63, 3.8) is 0 Å². The van der Waals surface area contributed by atoms with Gasteiger partial charge in [-0.05, 0) is 69.9 Å². The third kappa shape index (κ3) is 7.01. The second-order valence-corrected chi connectivity index (χ2v) is 7.67. The van der Waals surface area contributed by atoms with Gasteiger partial charge in [-0.1, -0.05) is 30.3 Å². The summed E-state index contributed by atoms with van der Waals surface area (Å²) in [6, 6.07) is 13.2. The Morgan fingerprint density at radius 1 is 1.00 bits per heavy atom. The second-order valence-electron chi connectivity index (χ2n) is 7.67. The average Bonchev–Trinajstić information content (AvgIpc) is 2.78. The van der Waals surface area contributed by atoms with E-state index in [1.807, 2.05) is 70.2 Å². The number of carbonyl (C=O) groups excluding carboxylic acids is 2. The van der Waals surface area contributed by atoms with Gasteiger partial charge in [-0.2, -0.15) is 0 Å². The molecule has 0 spiro atoms. The summed E-state index contributed by atoms with van der Waals surface area (Å²) in [6.45, 7) is 11.6. The Hall–Kier alpha value is -3.02. The zero-order valence-corrected chi connectivity index (χ0v) is 19.9. The maximum atomic E-state index is 13.3. The molecule has 0 saturated heterocycles. The van der Waals surface area contributed by atoms with Crippen molar-refractivity contribution >= 4 is 11.8 Å². The van der Waals surface area contributed by atoms with Gasteiger partial charge in [-0.15, -0.1) is 0 Å². The van der Waals surface area contributed by atoms with Gasteiger partial charge in [0.15, 0.2) is 11.5 Å². The van der Waals surface area contributed by atoms with Gasteiger partial charge in [0.1, 0.15) is 6.04 Å². The molecule has 0 bridgehead atoms. The van der Waals surface area contributed by atoms with E-state index in [4.69, 9.17) is 9.47 Å². The molecule has 0 aromatic heterocycles. The van der Waals surface area contributed by atoms with Gasteiger partial charge in [0.25, 0.3) is 0 Å². The normalized spacial score (nSPS) is 11.5. The van der Waals surface area contributed by atoms with Crippen LogP contribution in [0.25, 0.3) is 0 Å². The standard InChI is InChI=1S/C26H36N2O4/c1-6-27-26(30)20(5)28(18-22-12-10-9-11-19(22)4)25(29)16-14-21-13-15-23(31-7-2)24(17-21)32-8-3/h9-13,15,17,20H,6-8,14,16,18H2,1-5H3,(H,27,30). The first-order valence-corrected chi connectivity index (χ1v) is 11.4. The number of nitrogens with zero attached hydrogens (tertiary/aromatic N) is 1. The third-order valence-electron chi connectivity index (χ3n) is 5.36. The fourth-order valence-electron chi connectivity index (χ4n) is 3.52. The molecule has 0 aliphatic heterocycles. The van der Waals surface area contributed by atoms with Crippen LogP contribution in [0.2, 0.25) is 0 Å². The second kappa shape index (κ2) is 12.7. The molecule has 2 amide bonds.